The maximum atomic E-state index is 14.8. The third kappa shape index (κ3) is 13.1. The molecular formula is C33H44F5N5O7. The lowest BCUT2D eigenvalue weighted by molar-refractivity contribution is -0.175. The standard InChI is InChI=1S/C33H44F5N5O7/c1-18(2)24(26(44)33(37,38)29(47)41-17-32(34,35)36)42-28(46)25(21-11-13-22(49-6)14-12-21)43-27(45)23(39)15-19-7-9-20(10-8-19)16-40-30(48)50-31(3,4)5/h7-14,18,23-26,44H,15-17,39H2,1-6H3,(H,40,48)(H,41,47)(H,42,46)(H,43,45)/t23-,24-,25-,26+/m0/s1. The SMILES string of the molecule is COc1ccc([C@H](NC(=O)[C@@H](N)Cc2ccc(CNC(=O)OC(C)(C)C)cc2)C(=O)N[C@@H](C(C)C)[C@@H](O)C(F)(F)C(=O)NCC(F)(F)F)cc1. The van der Waals surface area contributed by atoms with Crippen molar-refractivity contribution in [3.8, 4) is 5.75 Å². The molecule has 4 atom stereocenters. The first-order chi connectivity index (χ1) is 23.0. The maximum absolute atomic E-state index is 14.8. The van der Waals surface area contributed by atoms with Crippen molar-refractivity contribution >= 4 is 23.8 Å². The topological polar surface area (TPSA) is 181 Å². The Morgan fingerprint density at radius 3 is 1.90 bits per heavy atom. The molecule has 17 heteroatoms. The number of aliphatic hydroxyl groups excluding tert-OH is 1. The molecule has 0 aromatic heterocycles. The first-order valence-corrected chi connectivity index (χ1v) is 15.5. The molecule has 0 aliphatic rings. The summed E-state index contributed by atoms with van der Waals surface area (Å²) in [6.07, 6.45) is -8.52. The van der Waals surface area contributed by atoms with Crippen LogP contribution in [0.3, 0.4) is 0 Å². The molecule has 12 nitrogen and oxygen atoms in total. The Morgan fingerprint density at radius 1 is 0.840 bits per heavy atom. The smallest absolute Gasteiger partial charge is 0.407 e. The van der Waals surface area contributed by atoms with E-state index in [1.54, 1.807) is 45.0 Å². The highest BCUT2D eigenvalue weighted by atomic mass is 19.4. The molecule has 2 aromatic carbocycles. The van der Waals surface area contributed by atoms with Crippen LogP contribution in [-0.2, 0) is 32.1 Å². The minimum absolute atomic E-state index is 0.00908. The van der Waals surface area contributed by atoms with E-state index in [2.05, 4.69) is 16.0 Å². The third-order valence-electron chi connectivity index (χ3n) is 7.14. The summed E-state index contributed by atoms with van der Waals surface area (Å²) in [7, 11) is 1.39. The summed E-state index contributed by atoms with van der Waals surface area (Å²) in [5.74, 6) is -9.60. The number of nitrogens with one attached hydrogen (secondary N) is 4. The molecule has 278 valence electrons. The van der Waals surface area contributed by atoms with E-state index < -0.39 is 78.2 Å². The van der Waals surface area contributed by atoms with Crippen LogP contribution < -0.4 is 31.7 Å². The van der Waals surface area contributed by atoms with Crippen LogP contribution in [0.4, 0.5) is 26.7 Å². The number of methoxy groups -OCH3 is 1. The summed E-state index contributed by atoms with van der Waals surface area (Å²) >= 11 is 0. The molecule has 0 heterocycles. The molecule has 0 fully saturated rings. The number of alkyl halides is 5. The van der Waals surface area contributed by atoms with E-state index in [4.69, 9.17) is 15.2 Å². The fraction of sp³-hybridized carbons (Fsp3) is 0.515. The van der Waals surface area contributed by atoms with Gasteiger partial charge >= 0.3 is 18.2 Å². The van der Waals surface area contributed by atoms with Gasteiger partial charge in [0, 0.05) is 6.54 Å². The van der Waals surface area contributed by atoms with Crippen molar-refractivity contribution < 1.29 is 55.7 Å². The monoisotopic (exact) mass is 717 g/mol. The lowest BCUT2D eigenvalue weighted by atomic mass is 9.92. The Morgan fingerprint density at radius 2 is 1.40 bits per heavy atom. The molecule has 2 aromatic rings. The van der Waals surface area contributed by atoms with Crippen molar-refractivity contribution in [3.05, 3.63) is 65.2 Å². The van der Waals surface area contributed by atoms with E-state index in [9.17, 15) is 46.2 Å². The summed E-state index contributed by atoms with van der Waals surface area (Å²) in [4.78, 5) is 50.7. The van der Waals surface area contributed by atoms with E-state index in [-0.39, 0.29) is 18.5 Å². The van der Waals surface area contributed by atoms with Gasteiger partial charge in [-0.2, -0.15) is 22.0 Å². The molecular weight excluding hydrogens is 673 g/mol. The highest BCUT2D eigenvalue weighted by Crippen LogP contribution is 2.27. The van der Waals surface area contributed by atoms with Gasteiger partial charge in [-0.3, -0.25) is 14.4 Å². The Labute approximate surface area is 286 Å². The van der Waals surface area contributed by atoms with Gasteiger partial charge in [-0.15, -0.1) is 0 Å². The van der Waals surface area contributed by atoms with Crippen molar-refractivity contribution in [1.29, 1.82) is 0 Å². The summed E-state index contributed by atoms with van der Waals surface area (Å²) < 4.78 is 77.5. The Bertz CT molecular complexity index is 1450. The van der Waals surface area contributed by atoms with Gasteiger partial charge in [0.25, 0.3) is 5.91 Å². The molecule has 0 saturated carbocycles. The minimum Gasteiger partial charge on any atom is -0.497 e. The fourth-order valence-electron chi connectivity index (χ4n) is 4.49. The van der Waals surface area contributed by atoms with Gasteiger partial charge in [0.15, 0.2) is 0 Å². The second kappa shape index (κ2) is 17.4. The van der Waals surface area contributed by atoms with Crippen molar-refractivity contribution in [1.82, 2.24) is 21.3 Å². The molecule has 0 radical (unpaired) electrons. The number of ether oxygens (including phenoxy) is 2. The predicted octanol–water partition coefficient (Wildman–Crippen LogP) is 3.26. The normalized spacial score (nSPS) is 14.5. The number of hydrogen-bond acceptors (Lipinski definition) is 8. The lowest BCUT2D eigenvalue weighted by Crippen LogP contribution is -2.60. The summed E-state index contributed by atoms with van der Waals surface area (Å²) in [5.41, 5.74) is 7.03. The minimum atomic E-state index is -4.99. The van der Waals surface area contributed by atoms with Gasteiger partial charge in [0.05, 0.1) is 19.2 Å². The number of carbonyl (C=O) groups excluding carboxylic acids is 4. The van der Waals surface area contributed by atoms with E-state index in [1.807, 2.05) is 0 Å². The molecule has 0 aliphatic carbocycles. The average molecular weight is 718 g/mol. The number of benzene rings is 2. The van der Waals surface area contributed by atoms with Crippen LogP contribution in [-0.4, -0.2) is 78.5 Å². The average Bonchev–Trinajstić information content (AvgIpc) is 3.02. The zero-order chi connectivity index (χ0) is 38.0. The zero-order valence-electron chi connectivity index (χ0n) is 28.5. The molecule has 50 heavy (non-hydrogen) atoms. The van der Waals surface area contributed by atoms with Gasteiger partial charge in [-0.05, 0) is 61.9 Å². The van der Waals surface area contributed by atoms with Crippen LogP contribution >= 0.6 is 0 Å². The fourth-order valence-corrected chi connectivity index (χ4v) is 4.49. The molecule has 0 unspecified atom stereocenters. The quantitative estimate of drug-likeness (QED) is 0.152. The number of aliphatic hydroxyl groups is 1. The molecule has 0 bridgehead atoms. The number of rotatable bonds is 15. The van der Waals surface area contributed by atoms with Crippen molar-refractivity contribution in [2.75, 3.05) is 13.7 Å². The predicted molar refractivity (Wildman–Crippen MR) is 172 cm³/mol. The first-order valence-electron chi connectivity index (χ1n) is 15.5. The first kappa shape index (κ1) is 41.7. The maximum Gasteiger partial charge on any atom is 0.407 e. The highest BCUT2D eigenvalue weighted by Gasteiger charge is 2.52. The van der Waals surface area contributed by atoms with E-state index in [0.29, 0.717) is 11.3 Å². The number of carbonyl (C=O) groups is 4. The van der Waals surface area contributed by atoms with Crippen LogP contribution in [0.5, 0.6) is 5.75 Å². The molecule has 7 N–H and O–H groups in total. The zero-order valence-corrected chi connectivity index (χ0v) is 28.5. The number of amides is 4. The summed E-state index contributed by atoms with van der Waals surface area (Å²) in [6, 6.07) is 7.94. The Hall–Kier alpha value is -4.51. The van der Waals surface area contributed by atoms with Crippen LogP contribution in [0, 0.1) is 5.92 Å². The number of halogens is 5. The molecule has 4 amide bonds. The lowest BCUT2D eigenvalue weighted by Gasteiger charge is -2.33. The number of nitrogens with two attached hydrogens (primary N) is 1. The Balaban J connectivity index is 2.21. The van der Waals surface area contributed by atoms with Gasteiger partial charge in [-0.1, -0.05) is 50.2 Å². The summed E-state index contributed by atoms with van der Waals surface area (Å²) in [6.45, 7) is 5.97. The van der Waals surface area contributed by atoms with E-state index in [0.717, 1.165) is 10.9 Å². The largest absolute Gasteiger partial charge is 0.497 e. The molecule has 2 rings (SSSR count). The van der Waals surface area contributed by atoms with Gasteiger partial charge in [0.1, 0.15) is 30.0 Å². The van der Waals surface area contributed by atoms with Gasteiger partial charge < -0.3 is 41.6 Å². The second-order valence-corrected chi connectivity index (χ2v) is 12.8. The van der Waals surface area contributed by atoms with Crippen molar-refractivity contribution in [2.24, 2.45) is 11.7 Å². The van der Waals surface area contributed by atoms with Crippen molar-refractivity contribution in [3.63, 3.8) is 0 Å². The Kier molecular flexibility index (Phi) is 14.5. The molecule has 0 aliphatic heterocycles. The highest BCUT2D eigenvalue weighted by molar-refractivity contribution is 5.91. The second-order valence-electron chi connectivity index (χ2n) is 12.8. The van der Waals surface area contributed by atoms with Crippen LogP contribution in [0.15, 0.2) is 48.5 Å². The van der Waals surface area contributed by atoms with Gasteiger partial charge in [-0.25, -0.2) is 4.79 Å². The van der Waals surface area contributed by atoms with Crippen LogP contribution in [0.25, 0.3) is 0 Å². The molecule has 0 saturated heterocycles. The number of hydrogen-bond donors (Lipinski definition) is 6. The molecule has 0 spiro atoms. The van der Waals surface area contributed by atoms with Crippen LogP contribution in [0.2, 0.25) is 0 Å². The summed E-state index contributed by atoms with van der Waals surface area (Å²) in [5, 5.41) is 18.8. The van der Waals surface area contributed by atoms with Gasteiger partial charge in [0.2, 0.25) is 11.8 Å². The number of alkyl carbamates (subject to hydrolysis) is 1. The van der Waals surface area contributed by atoms with E-state index in [1.165, 1.54) is 45.2 Å². The van der Waals surface area contributed by atoms with E-state index >= 15 is 0 Å². The van der Waals surface area contributed by atoms with Crippen LogP contribution in [0.1, 0.15) is 57.4 Å². The van der Waals surface area contributed by atoms with Crippen molar-refractivity contribution in [2.45, 2.75) is 89.5 Å². The third-order valence-corrected chi connectivity index (χ3v) is 7.14.